The van der Waals surface area contributed by atoms with E-state index < -0.39 is 35.1 Å². The van der Waals surface area contributed by atoms with Gasteiger partial charge in [-0.3, -0.25) is 14.5 Å². The molecule has 2 amide bonds. The number of aromatic nitrogens is 2. The second kappa shape index (κ2) is 10.6. The van der Waals surface area contributed by atoms with Crippen molar-refractivity contribution in [2.45, 2.75) is 11.4 Å². The minimum atomic E-state index is -1.31. The zero-order valence-electron chi connectivity index (χ0n) is 17.8. The molecule has 172 valence electrons. The van der Waals surface area contributed by atoms with Crippen LogP contribution < -0.4 is 45.7 Å². The van der Waals surface area contributed by atoms with Crippen molar-refractivity contribution in [2.75, 3.05) is 18.6 Å². The topological polar surface area (TPSA) is 196 Å². The maximum absolute atomic E-state index is 12.8. The van der Waals surface area contributed by atoms with Gasteiger partial charge in [0.2, 0.25) is 0 Å². The molecule has 4 rings (SSSR count). The van der Waals surface area contributed by atoms with E-state index in [4.69, 9.17) is 15.1 Å². The third-order valence-electron chi connectivity index (χ3n) is 4.60. The number of oxime groups is 1. The number of β-lactam (4-membered cyclic amide) rings is 1. The van der Waals surface area contributed by atoms with Crippen molar-refractivity contribution in [3.63, 3.8) is 0 Å². The van der Waals surface area contributed by atoms with Crippen LogP contribution in [0.15, 0.2) is 38.5 Å². The summed E-state index contributed by atoms with van der Waals surface area (Å²) in [5.74, 6) is -2.80. The first-order chi connectivity index (χ1) is 15.8. The van der Waals surface area contributed by atoms with Gasteiger partial charge >= 0.3 is 35.5 Å². The molecular formula is C18H15N6NaO7S2. The Hall–Kier alpha value is -2.85. The Morgan fingerprint density at radius 3 is 2.82 bits per heavy atom. The Morgan fingerprint density at radius 2 is 2.24 bits per heavy atom. The Bertz CT molecular complexity index is 1220. The van der Waals surface area contributed by atoms with E-state index in [1.807, 2.05) is 0 Å². The maximum Gasteiger partial charge on any atom is 1.00 e. The van der Waals surface area contributed by atoms with Gasteiger partial charge < -0.3 is 30.6 Å². The van der Waals surface area contributed by atoms with Gasteiger partial charge in [0.25, 0.3) is 11.8 Å². The number of nitrogens with zero attached hydrogens (tertiary/aromatic N) is 4. The molecule has 2 atom stereocenters. The zero-order chi connectivity index (χ0) is 23.7. The molecule has 16 heteroatoms. The summed E-state index contributed by atoms with van der Waals surface area (Å²) in [5, 5.41) is 31.4. The van der Waals surface area contributed by atoms with Crippen LogP contribution in [-0.2, 0) is 19.2 Å². The molecular weight excluding hydrogens is 499 g/mol. The van der Waals surface area contributed by atoms with Gasteiger partial charge in [0, 0.05) is 17.0 Å². The molecule has 1 saturated heterocycles. The summed E-state index contributed by atoms with van der Waals surface area (Å²) in [5.41, 5.74) is 5.74. The smallest absolute Gasteiger partial charge is 0.856 e. The third kappa shape index (κ3) is 4.97. The molecule has 0 saturated carbocycles. The fourth-order valence-electron chi connectivity index (χ4n) is 3.21. The Balaban J connectivity index is 0.00000324. The van der Waals surface area contributed by atoms with Crippen LogP contribution in [0, 0.1) is 0 Å². The number of thioether (sulfide) groups is 1. The average Bonchev–Trinajstić information content (AvgIpc) is 3.40. The quantitative estimate of drug-likeness (QED) is 0.144. The van der Waals surface area contributed by atoms with Crippen LogP contribution in [-0.4, -0.2) is 67.9 Å². The molecule has 1 fully saturated rings. The predicted octanol–water partition coefficient (Wildman–Crippen LogP) is -3.41. The number of thiazole rings is 1. The Morgan fingerprint density at radius 1 is 1.47 bits per heavy atom. The Labute approximate surface area is 222 Å². The monoisotopic (exact) mass is 514 g/mol. The van der Waals surface area contributed by atoms with Gasteiger partial charge in [0.1, 0.15) is 29.9 Å². The van der Waals surface area contributed by atoms with Crippen molar-refractivity contribution in [3.8, 4) is 5.88 Å². The average molecular weight is 514 g/mol. The number of carbonyl (C=O) groups excluding carboxylic acids is 2. The second-order valence-corrected chi connectivity index (χ2v) is 8.63. The first kappa shape index (κ1) is 25.8. The number of carbonyl (C=O) groups is 3. The number of allylic oxidation sites excluding steroid dienone is 1. The molecule has 4 N–H and O–H groups in total. The van der Waals surface area contributed by atoms with Crippen molar-refractivity contribution in [1.82, 2.24) is 20.4 Å². The van der Waals surface area contributed by atoms with Crippen LogP contribution in [0.5, 0.6) is 5.88 Å². The molecule has 0 radical (unpaired) electrons. The van der Waals surface area contributed by atoms with Gasteiger partial charge in [-0.2, -0.15) is 0 Å². The second-order valence-electron chi connectivity index (χ2n) is 6.63. The molecule has 2 aromatic heterocycles. The number of nitrogen functional groups attached to an aromatic ring is 1. The fraction of sp³-hybridized carbons (Fsp3) is 0.222. The number of carboxylic acids is 1. The van der Waals surface area contributed by atoms with E-state index in [1.165, 1.54) is 36.4 Å². The van der Waals surface area contributed by atoms with Crippen LogP contribution >= 0.6 is 23.1 Å². The minimum absolute atomic E-state index is 0. The molecule has 2 aromatic rings. The largest absolute Gasteiger partial charge is 1.00 e. The number of anilines is 1. The standard InChI is InChI=1S/C18H16N6O7S2.Na/c1-30-23-11(9-6-33-18(19)20-9)14(26)21-12-15(27)24-13(17(28)29)7(5-32-16(12)24)2-3-8-4-10(25)22-31-8;/h2-4,6,12,16H,5H2,1H3,(H2,19,20)(H,21,26)(H,22,25)(H,28,29);/q;+1/p-1/b3-2+,23-11-;. The molecule has 0 aromatic carbocycles. The summed E-state index contributed by atoms with van der Waals surface area (Å²) < 4.78 is 4.79. The fourth-order valence-corrected chi connectivity index (χ4v) is 5.07. The molecule has 4 heterocycles. The van der Waals surface area contributed by atoms with E-state index in [0.29, 0.717) is 5.57 Å². The van der Waals surface area contributed by atoms with Crippen LogP contribution in [0.2, 0.25) is 0 Å². The van der Waals surface area contributed by atoms with Crippen molar-refractivity contribution < 1.29 is 63.5 Å². The summed E-state index contributed by atoms with van der Waals surface area (Å²) in [6.07, 6.45) is 2.84. The van der Waals surface area contributed by atoms with Crippen LogP contribution in [0.4, 0.5) is 5.13 Å². The number of fused-ring (bicyclic) bond motifs is 1. The molecule has 13 nitrogen and oxygen atoms in total. The van der Waals surface area contributed by atoms with Gasteiger partial charge in [-0.15, -0.1) is 23.1 Å². The van der Waals surface area contributed by atoms with Crippen LogP contribution in [0.25, 0.3) is 6.08 Å². The van der Waals surface area contributed by atoms with Gasteiger partial charge in [-0.05, 0) is 17.7 Å². The van der Waals surface area contributed by atoms with E-state index in [-0.39, 0.29) is 63.3 Å². The van der Waals surface area contributed by atoms with E-state index in [2.05, 4.69) is 20.6 Å². The van der Waals surface area contributed by atoms with Gasteiger partial charge in [0.05, 0.1) is 0 Å². The molecule has 0 bridgehead atoms. The molecule has 2 aliphatic rings. The Kier molecular flexibility index (Phi) is 8.04. The molecule has 0 aliphatic carbocycles. The number of aliphatic carboxylic acids is 1. The summed E-state index contributed by atoms with van der Waals surface area (Å²) >= 11 is 2.37. The third-order valence-corrected chi connectivity index (χ3v) is 6.58. The zero-order valence-corrected chi connectivity index (χ0v) is 21.4. The predicted molar refractivity (Wildman–Crippen MR) is 115 cm³/mol. The summed E-state index contributed by atoms with van der Waals surface area (Å²) in [7, 11) is 1.26. The molecule has 2 unspecified atom stereocenters. The normalized spacial score (nSPS) is 20.0. The van der Waals surface area contributed by atoms with Gasteiger partial charge in [-0.1, -0.05) is 16.4 Å². The summed E-state index contributed by atoms with van der Waals surface area (Å²) in [6.45, 7) is 0. The molecule has 34 heavy (non-hydrogen) atoms. The summed E-state index contributed by atoms with van der Waals surface area (Å²) in [6, 6.07) is 0.170. The first-order valence-corrected chi connectivity index (χ1v) is 11.1. The van der Waals surface area contributed by atoms with Crippen LogP contribution in [0.3, 0.4) is 0 Å². The molecule has 0 spiro atoms. The van der Waals surface area contributed by atoms with E-state index >= 15 is 0 Å². The van der Waals surface area contributed by atoms with E-state index in [9.17, 15) is 24.6 Å². The SMILES string of the molecule is CO/N=C(\C(=O)NC1C(=O)N2C(C(=O)O)=C(/C=C/c3cc([O-])no3)CSC12)c1csc(N)n1.[Na+]. The van der Waals surface area contributed by atoms with Crippen molar-refractivity contribution >= 4 is 57.8 Å². The van der Waals surface area contributed by atoms with E-state index in [1.54, 1.807) is 0 Å². The number of nitrogens with one attached hydrogen (secondary N) is 1. The number of nitrogens with two attached hydrogens (primary N) is 1. The molecule has 2 aliphatic heterocycles. The van der Waals surface area contributed by atoms with Crippen molar-refractivity contribution in [2.24, 2.45) is 5.16 Å². The van der Waals surface area contributed by atoms with Gasteiger partial charge in [-0.25, -0.2) is 9.78 Å². The number of hydrogen-bond donors (Lipinski definition) is 3. The number of hydrogen-bond acceptors (Lipinski definition) is 12. The summed E-state index contributed by atoms with van der Waals surface area (Å²) in [4.78, 5) is 47.3. The number of rotatable bonds is 7. The van der Waals surface area contributed by atoms with Gasteiger partial charge in [0.15, 0.2) is 16.6 Å². The number of amides is 2. The van der Waals surface area contributed by atoms with Crippen molar-refractivity contribution in [1.29, 1.82) is 0 Å². The first-order valence-electron chi connectivity index (χ1n) is 9.16. The van der Waals surface area contributed by atoms with E-state index in [0.717, 1.165) is 22.3 Å². The maximum atomic E-state index is 12.8. The minimum Gasteiger partial charge on any atom is -0.856 e. The van der Waals surface area contributed by atoms with Crippen molar-refractivity contribution in [3.05, 3.63) is 40.2 Å². The number of carboxylic acid groups (broad SMARTS) is 1. The van der Waals surface area contributed by atoms with Crippen LogP contribution in [0.1, 0.15) is 11.5 Å².